The van der Waals surface area contributed by atoms with Crippen molar-refractivity contribution in [3.63, 3.8) is 0 Å². The molecule has 1 heterocycles. The first-order valence-corrected chi connectivity index (χ1v) is 13.5. The highest BCUT2D eigenvalue weighted by atomic mass is 32.2. The van der Waals surface area contributed by atoms with Gasteiger partial charge >= 0.3 is 0 Å². The average molecular weight is 537 g/mol. The highest BCUT2D eigenvalue weighted by Crippen LogP contribution is 2.18. The van der Waals surface area contributed by atoms with Crippen molar-refractivity contribution < 1.29 is 27.5 Å². The number of amides is 3. The molecule has 1 saturated heterocycles. The Hall–Kier alpha value is -4.06. The third-order valence-electron chi connectivity index (χ3n) is 5.86. The van der Waals surface area contributed by atoms with Crippen LogP contribution in [0.25, 0.3) is 0 Å². The normalized spacial score (nSPS) is 13.9. The maximum atomic E-state index is 12.7. The second-order valence-electron chi connectivity index (χ2n) is 8.45. The summed E-state index contributed by atoms with van der Waals surface area (Å²) in [5, 5.41) is 8.20. The third-order valence-corrected chi connectivity index (χ3v) is 7.77. The molecule has 0 bridgehead atoms. The number of rotatable bonds is 9. The van der Waals surface area contributed by atoms with E-state index in [1.807, 2.05) is 6.07 Å². The van der Waals surface area contributed by atoms with Crippen LogP contribution in [0.4, 0.5) is 5.69 Å². The lowest BCUT2D eigenvalue weighted by molar-refractivity contribution is 0.0730. The summed E-state index contributed by atoms with van der Waals surface area (Å²) in [6.45, 7) is 1.83. The summed E-state index contributed by atoms with van der Waals surface area (Å²) < 4.78 is 32.0. The van der Waals surface area contributed by atoms with Gasteiger partial charge in [-0.25, -0.2) is 8.42 Å². The number of carbonyl (C=O) groups excluding carboxylic acids is 3. The van der Waals surface area contributed by atoms with Crippen LogP contribution in [-0.2, 0) is 14.8 Å². The molecule has 0 aromatic heterocycles. The lowest BCUT2D eigenvalue weighted by Crippen LogP contribution is -2.40. The van der Waals surface area contributed by atoms with Crippen LogP contribution in [0.5, 0.6) is 0 Å². The summed E-state index contributed by atoms with van der Waals surface area (Å²) in [6, 6.07) is 20.9. The van der Waals surface area contributed by atoms with Crippen molar-refractivity contribution in [3.05, 3.63) is 95.6 Å². The molecule has 0 atom stereocenters. The maximum Gasteiger partial charge on any atom is 0.255 e. The first-order chi connectivity index (χ1) is 18.3. The van der Waals surface area contributed by atoms with Crippen LogP contribution in [0.15, 0.2) is 83.8 Å². The summed E-state index contributed by atoms with van der Waals surface area (Å²) in [7, 11) is -3.64. The average Bonchev–Trinajstić information content (AvgIpc) is 2.96. The van der Waals surface area contributed by atoms with Gasteiger partial charge in [-0.05, 0) is 60.7 Å². The molecule has 0 spiro atoms. The predicted octanol–water partition coefficient (Wildman–Crippen LogP) is 2.12. The molecule has 1 aliphatic heterocycles. The Morgan fingerprint density at radius 3 is 1.76 bits per heavy atom. The predicted molar refractivity (Wildman–Crippen MR) is 142 cm³/mol. The molecule has 0 aliphatic carbocycles. The molecular formula is C27H28N4O6S. The molecule has 0 saturated carbocycles. The molecule has 3 aromatic carbocycles. The number of sulfonamides is 1. The molecule has 10 nitrogen and oxygen atoms in total. The Labute approximate surface area is 221 Å². The van der Waals surface area contributed by atoms with E-state index in [2.05, 4.69) is 16.0 Å². The van der Waals surface area contributed by atoms with E-state index < -0.39 is 15.9 Å². The Morgan fingerprint density at radius 1 is 0.684 bits per heavy atom. The highest BCUT2D eigenvalue weighted by Gasteiger charge is 2.26. The van der Waals surface area contributed by atoms with Gasteiger partial charge in [0.1, 0.15) is 0 Å². The molecule has 198 valence electrons. The number of anilines is 1. The third kappa shape index (κ3) is 6.82. The Bertz CT molecular complexity index is 1370. The first-order valence-electron chi connectivity index (χ1n) is 12.1. The van der Waals surface area contributed by atoms with Crippen LogP contribution in [0.2, 0.25) is 0 Å². The topological polar surface area (TPSA) is 134 Å². The smallest absolute Gasteiger partial charge is 0.255 e. The Kier molecular flexibility index (Phi) is 8.85. The van der Waals surface area contributed by atoms with E-state index in [1.54, 1.807) is 48.5 Å². The van der Waals surface area contributed by atoms with Crippen molar-refractivity contribution in [2.75, 3.05) is 44.7 Å². The second-order valence-corrected chi connectivity index (χ2v) is 10.4. The molecule has 4 rings (SSSR count). The van der Waals surface area contributed by atoms with Gasteiger partial charge in [0.25, 0.3) is 17.7 Å². The zero-order valence-corrected chi connectivity index (χ0v) is 21.4. The van der Waals surface area contributed by atoms with E-state index in [9.17, 15) is 22.8 Å². The van der Waals surface area contributed by atoms with Gasteiger partial charge in [0.05, 0.1) is 18.1 Å². The van der Waals surface area contributed by atoms with Crippen LogP contribution in [0.1, 0.15) is 31.1 Å². The number of nitrogens with zero attached hydrogens (tertiary/aromatic N) is 1. The van der Waals surface area contributed by atoms with E-state index in [0.29, 0.717) is 48.7 Å². The van der Waals surface area contributed by atoms with Crippen LogP contribution < -0.4 is 16.0 Å². The molecule has 1 fully saturated rings. The van der Waals surface area contributed by atoms with Crippen LogP contribution >= 0.6 is 0 Å². The number of ether oxygens (including phenoxy) is 1. The van der Waals surface area contributed by atoms with Crippen molar-refractivity contribution in [1.29, 1.82) is 0 Å². The van der Waals surface area contributed by atoms with Gasteiger partial charge < -0.3 is 20.7 Å². The van der Waals surface area contributed by atoms with Crippen LogP contribution in [-0.4, -0.2) is 69.8 Å². The number of nitrogens with one attached hydrogen (secondary N) is 3. The first kappa shape index (κ1) is 27.0. The van der Waals surface area contributed by atoms with Crippen molar-refractivity contribution in [1.82, 2.24) is 14.9 Å². The zero-order valence-electron chi connectivity index (χ0n) is 20.6. The molecular weight excluding hydrogens is 508 g/mol. The minimum atomic E-state index is -3.64. The fourth-order valence-corrected chi connectivity index (χ4v) is 5.18. The monoisotopic (exact) mass is 536 g/mol. The van der Waals surface area contributed by atoms with Crippen molar-refractivity contribution >= 4 is 33.4 Å². The molecule has 1 aliphatic rings. The Morgan fingerprint density at radius 2 is 1.18 bits per heavy atom. The zero-order chi connectivity index (χ0) is 27.0. The molecule has 3 aromatic rings. The minimum Gasteiger partial charge on any atom is -0.379 e. The lowest BCUT2D eigenvalue weighted by Gasteiger charge is -2.26. The molecule has 0 radical (unpaired) electrons. The molecule has 38 heavy (non-hydrogen) atoms. The second kappa shape index (κ2) is 12.5. The van der Waals surface area contributed by atoms with Crippen LogP contribution in [0, 0.1) is 0 Å². The summed E-state index contributed by atoms with van der Waals surface area (Å²) in [5.41, 5.74) is 1.72. The number of benzene rings is 3. The summed E-state index contributed by atoms with van der Waals surface area (Å²) in [4.78, 5) is 37.1. The van der Waals surface area contributed by atoms with Gasteiger partial charge in [0, 0.05) is 48.6 Å². The molecule has 3 amide bonds. The summed E-state index contributed by atoms with van der Waals surface area (Å²) in [6.07, 6.45) is 0. The fourth-order valence-electron chi connectivity index (χ4n) is 3.77. The van der Waals surface area contributed by atoms with Crippen LogP contribution in [0.3, 0.4) is 0 Å². The molecule has 0 unspecified atom stereocenters. The van der Waals surface area contributed by atoms with E-state index in [1.165, 1.54) is 28.6 Å². The number of carbonyl (C=O) groups is 3. The minimum absolute atomic E-state index is 0.117. The van der Waals surface area contributed by atoms with Gasteiger partial charge in [0.2, 0.25) is 10.0 Å². The highest BCUT2D eigenvalue weighted by molar-refractivity contribution is 7.89. The van der Waals surface area contributed by atoms with Gasteiger partial charge in [0.15, 0.2) is 0 Å². The van der Waals surface area contributed by atoms with E-state index in [-0.39, 0.29) is 29.8 Å². The molecule has 11 heteroatoms. The standard InChI is InChI=1S/C27H28N4O6S/c32-25(20-4-2-1-3-5-20)28-14-15-29-26(33)21-6-10-23(11-7-21)30-27(34)22-8-12-24(13-9-22)38(35,36)31-16-18-37-19-17-31/h1-13H,14-19H2,(H,28,32)(H,29,33)(H,30,34). The summed E-state index contributed by atoms with van der Waals surface area (Å²) >= 11 is 0. The van der Waals surface area contributed by atoms with Crippen molar-refractivity contribution in [2.45, 2.75) is 4.90 Å². The lowest BCUT2D eigenvalue weighted by atomic mass is 10.1. The molecule has 3 N–H and O–H groups in total. The van der Waals surface area contributed by atoms with Gasteiger partial charge in [-0.3, -0.25) is 14.4 Å². The summed E-state index contributed by atoms with van der Waals surface area (Å²) in [5.74, 6) is -0.936. The largest absolute Gasteiger partial charge is 0.379 e. The van der Waals surface area contributed by atoms with E-state index >= 15 is 0 Å². The number of hydrogen-bond donors (Lipinski definition) is 3. The van der Waals surface area contributed by atoms with Crippen molar-refractivity contribution in [2.24, 2.45) is 0 Å². The van der Waals surface area contributed by atoms with Gasteiger partial charge in [-0.1, -0.05) is 18.2 Å². The SMILES string of the molecule is O=C(NCCNC(=O)c1ccc(NC(=O)c2ccc(S(=O)(=O)N3CCOCC3)cc2)cc1)c1ccccc1. The maximum absolute atomic E-state index is 12.7. The van der Waals surface area contributed by atoms with Gasteiger partial charge in [-0.15, -0.1) is 0 Å². The van der Waals surface area contributed by atoms with Gasteiger partial charge in [-0.2, -0.15) is 4.31 Å². The van der Waals surface area contributed by atoms with E-state index in [0.717, 1.165) is 0 Å². The Balaban J connectivity index is 1.25. The quantitative estimate of drug-likeness (QED) is 0.359. The van der Waals surface area contributed by atoms with Crippen molar-refractivity contribution in [3.8, 4) is 0 Å². The number of morpholine rings is 1. The van der Waals surface area contributed by atoms with E-state index in [4.69, 9.17) is 4.74 Å². The fraction of sp³-hybridized carbons (Fsp3) is 0.222. The number of hydrogen-bond acceptors (Lipinski definition) is 6.